The minimum absolute atomic E-state index is 0.407. The fourth-order valence-corrected chi connectivity index (χ4v) is 3.56. The van der Waals surface area contributed by atoms with Crippen molar-refractivity contribution in [2.24, 2.45) is 11.7 Å². The summed E-state index contributed by atoms with van der Waals surface area (Å²) in [5.74, 6) is 0.782. The van der Waals surface area contributed by atoms with Crippen molar-refractivity contribution in [1.29, 1.82) is 0 Å². The molecule has 2 saturated heterocycles. The minimum Gasteiger partial charge on any atom is -0.327 e. The summed E-state index contributed by atoms with van der Waals surface area (Å²) >= 11 is 0. The van der Waals surface area contributed by atoms with Crippen molar-refractivity contribution in [2.75, 3.05) is 32.7 Å². The van der Waals surface area contributed by atoms with Crippen molar-refractivity contribution < 1.29 is 0 Å². The molecule has 2 N–H and O–H groups in total. The number of nitrogens with zero attached hydrogens (tertiary/aromatic N) is 2. The van der Waals surface area contributed by atoms with E-state index in [0.717, 1.165) is 18.5 Å². The van der Waals surface area contributed by atoms with E-state index >= 15 is 0 Å². The molecule has 3 heteroatoms. The molecule has 0 aromatic carbocycles. The van der Waals surface area contributed by atoms with Crippen LogP contribution in [0.5, 0.6) is 0 Å². The molecule has 2 aliphatic heterocycles. The van der Waals surface area contributed by atoms with Crippen LogP contribution in [0.3, 0.4) is 0 Å². The molecule has 2 rings (SSSR count). The summed E-state index contributed by atoms with van der Waals surface area (Å²) < 4.78 is 0. The average molecular weight is 239 g/mol. The predicted octanol–water partition coefficient (Wildman–Crippen LogP) is 1.53. The van der Waals surface area contributed by atoms with E-state index < -0.39 is 0 Å². The molecule has 0 aromatic heterocycles. The van der Waals surface area contributed by atoms with Crippen LogP contribution in [0.15, 0.2) is 0 Å². The van der Waals surface area contributed by atoms with E-state index in [9.17, 15) is 0 Å². The predicted molar refractivity (Wildman–Crippen MR) is 73.1 cm³/mol. The van der Waals surface area contributed by atoms with Gasteiger partial charge in [-0.25, -0.2) is 0 Å². The zero-order valence-corrected chi connectivity index (χ0v) is 11.6. The van der Waals surface area contributed by atoms with E-state index in [2.05, 4.69) is 23.6 Å². The van der Waals surface area contributed by atoms with E-state index in [1.54, 1.807) is 0 Å². The maximum absolute atomic E-state index is 6.16. The van der Waals surface area contributed by atoms with E-state index in [1.165, 1.54) is 51.9 Å². The summed E-state index contributed by atoms with van der Waals surface area (Å²) in [4.78, 5) is 5.27. The Balaban J connectivity index is 1.88. The Bertz CT molecular complexity index is 222. The van der Waals surface area contributed by atoms with Crippen LogP contribution in [0.25, 0.3) is 0 Å². The third-order valence-corrected chi connectivity index (χ3v) is 4.47. The van der Waals surface area contributed by atoms with Crippen LogP contribution < -0.4 is 5.73 Å². The highest BCUT2D eigenvalue weighted by Gasteiger charge is 2.28. The molecule has 2 fully saturated rings. The first-order valence-electron chi connectivity index (χ1n) is 7.41. The first-order chi connectivity index (χ1) is 8.19. The quantitative estimate of drug-likeness (QED) is 0.793. The second-order valence-electron chi connectivity index (χ2n) is 6.07. The summed E-state index contributed by atoms with van der Waals surface area (Å²) in [5, 5.41) is 0. The van der Waals surface area contributed by atoms with E-state index in [1.807, 2.05) is 0 Å². The molecule has 0 amide bonds. The molecule has 0 saturated carbocycles. The summed E-state index contributed by atoms with van der Waals surface area (Å²) in [6.45, 7) is 10.8. The Labute approximate surface area is 106 Å². The van der Waals surface area contributed by atoms with Gasteiger partial charge in [-0.15, -0.1) is 0 Å². The van der Waals surface area contributed by atoms with Crippen LogP contribution in [0.2, 0.25) is 0 Å². The number of likely N-dealkylation sites (tertiary alicyclic amines) is 2. The molecule has 0 radical (unpaired) electrons. The second-order valence-corrected chi connectivity index (χ2v) is 6.07. The maximum atomic E-state index is 6.16. The van der Waals surface area contributed by atoms with E-state index in [0.29, 0.717) is 6.04 Å². The lowest BCUT2D eigenvalue weighted by Crippen LogP contribution is -2.50. The summed E-state index contributed by atoms with van der Waals surface area (Å²) in [6, 6.07) is 1.20. The van der Waals surface area contributed by atoms with Crippen LogP contribution in [-0.4, -0.2) is 54.6 Å². The molecular weight excluding hydrogens is 210 g/mol. The van der Waals surface area contributed by atoms with Crippen LogP contribution in [0.4, 0.5) is 0 Å². The highest BCUT2D eigenvalue weighted by molar-refractivity contribution is 4.85. The van der Waals surface area contributed by atoms with Gasteiger partial charge in [0, 0.05) is 25.2 Å². The summed E-state index contributed by atoms with van der Waals surface area (Å²) in [7, 11) is 0. The Hall–Kier alpha value is -0.120. The van der Waals surface area contributed by atoms with Crippen molar-refractivity contribution in [3.05, 3.63) is 0 Å². The molecule has 3 atom stereocenters. The summed E-state index contributed by atoms with van der Waals surface area (Å²) in [5.41, 5.74) is 6.16. The Morgan fingerprint density at radius 3 is 2.71 bits per heavy atom. The Kier molecular flexibility index (Phi) is 4.83. The van der Waals surface area contributed by atoms with Crippen molar-refractivity contribution in [1.82, 2.24) is 9.80 Å². The number of rotatable bonds is 2. The standard InChI is InChI=1S/C14H29N3/c1-3-16-7-4-5-14(6-8-16)17-10-12(2)9-13(15)11-17/h12-14H,3-11,15H2,1-2H3. The zero-order valence-electron chi connectivity index (χ0n) is 11.6. The first kappa shape index (κ1) is 13.3. The maximum Gasteiger partial charge on any atom is 0.0170 e. The van der Waals surface area contributed by atoms with Crippen molar-refractivity contribution >= 4 is 0 Å². The highest BCUT2D eigenvalue weighted by atomic mass is 15.2. The molecule has 3 nitrogen and oxygen atoms in total. The fourth-order valence-electron chi connectivity index (χ4n) is 3.56. The summed E-state index contributed by atoms with van der Waals surface area (Å²) in [6.07, 6.45) is 5.28. The van der Waals surface area contributed by atoms with Gasteiger partial charge >= 0.3 is 0 Å². The van der Waals surface area contributed by atoms with E-state index in [4.69, 9.17) is 5.73 Å². The second kappa shape index (κ2) is 6.17. The number of piperidine rings is 1. The van der Waals surface area contributed by atoms with Crippen LogP contribution in [-0.2, 0) is 0 Å². The minimum atomic E-state index is 0.407. The van der Waals surface area contributed by atoms with Gasteiger partial charge in [-0.2, -0.15) is 0 Å². The molecule has 0 bridgehead atoms. The number of hydrogen-bond donors (Lipinski definition) is 1. The average Bonchev–Trinajstić information content (AvgIpc) is 2.52. The first-order valence-corrected chi connectivity index (χ1v) is 7.41. The van der Waals surface area contributed by atoms with Gasteiger partial charge in [0.2, 0.25) is 0 Å². The topological polar surface area (TPSA) is 32.5 Å². The Morgan fingerprint density at radius 1 is 1.18 bits per heavy atom. The van der Waals surface area contributed by atoms with Crippen molar-refractivity contribution in [3.8, 4) is 0 Å². The molecule has 0 aliphatic carbocycles. The van der Waals surface area contributed by atoms with Crippen LogP contribution >= 0.6 is 0 Å². The van der Waals surface area contributed by atoms with Gasteiger partial charge in [0.25, 0.3) is 0 Å². The molecule has 3 unspecified atom stereocenters. The van der Waals surface area contributed by atoms with Gasteiger partial charge < -0.3 is 10.6 Å². The zero-order chi connectivity index (χ0) is 12.3. The highest BCUT2D eigenvalue weighted by Crippen LogP contribution is 2.23. The van der Waals surface area contributed by atoms with Gasteiger partial charge in [-0.05, 0) is 51.2 Å². The van der Waals surface area contributed by atoms with Crippen LogP contribution in [0, 0.1) is 5.92 Å². The fraction of sp³-hybridized carbons (Fsp3) is 1.00. The third kappa shape index (κ3) is 3.67. The molecule has 0 spiro atoms. The Morgan fingerprint density at radius 2 is 2.00 bits per heavy atom. The smallest absolute Gasteiger partial charge is 0.0170 e. The van der Waals surface area contributed by atoms with E-state index in [-0.39, 0.29) is 0 Å². The number of hydrogen-bond acceptors (Lipinski definition) is 3. The monoisotopic (exact) mass is 239 g/mol. The van der Waals surface area contributed by atoms with Crippen molar-refractivity contribution in [3.63, 3.8) is 0 Å². The van der Waals surface area contributed by atoms with Gasteiger partial charge in [-0.1, -0.05) is 13.8 Å². The van der Waals surface area contributed by atoms with Gasteiger partial charge in [0.15, 0.2) is 0 Å². The van der Waals surface area contributed by atoms with Crippen molar-refractivity contribution in [2.45, 2.75) is 51.6 Å². The number of nitrogens with two attached hydrogens (primary N) is 1. The molecule has 2 heterocycles. The largest absolute Gasteiger partial charge is 0.327 e. The normalized spacial score (nSPS) is 37.9. The van der Waals surface area contributed by atoms with Gasteiger partial charge in [-0.3, -0.25) is 4.90 Å². The SMILES string of the molecule is CCN1CCCC(N2CC(C)CC(N)C2)CC1. The molecule has 0 aromatic rings. The van der Waals surface area contributed by atoms with Gasteiger partial charge in [0.1, 0.15) is 0 Å². The lowest BCUT2D eigenvalue weighted by molar-refractivity contribution is 0.106. The molecule has 100 valence electrons. The van der Waals surface area contributed by atoms with Gasteiger partial charge in [0.05, 0.1) is 0 Å². The molecular formula is C14H29N3. The molecule has 2 aliphatic rings. The lowest BCUT2D eigenvalue weighted by atomic mass is 9.93. The van der Waals surface area contributed by atoms with Crippen LogP contribution in [0.1, 0.15) is 39.5 Å². The molecule has 17 heavy (non-hydrogen) atoms. The lowest BCUT2D eigenvalue weighted by Gasteiger charge is -2.39. The third-order valence-electron chi connectivity index (χ3n) is 4.47.